The first-order chi connectivity index (χ1) is 13.6. The van der Waals surface area contributed by atoms with Gasteiger partial charge in [0.25, 0.3) is 0 Å². The third kappa shape index (κ3) is 7.24. The molecule has 0 spiro atoms. The zero-order valence-electron chi connectivity index (χ0n) is 16.2. The van der Waals surface area contributed by atoms with Crippen LogP contribution in [0.2, 0.25) is 5.02 Å². The summed E-state index contributed by atoms with van der Waals surface area (Å²) < 4.78 is 24.1. The van der Waals surface area contributed by atoms with E-state index in [1.807, 2.05) is 30.3 Å². The van der Waals surface area contributed by atoms with Crippen molar-refractivity contribution in [2.75, 3.05) is 13.7 Å². The van der Waals surface area contributed by atoms with Crippen LogP contribution in [0.1, 0.15) is 16.7 Å². The lowest BCUT2D eigenvalue weighted by Crippen LogP contribution is -2.17. The molecule has 6 heteroatoms. The molecule has 1 N–H and O–H groups in total. The third-order valence-corrected chi connectivity index (χ3v) is 4.63. The highest BCUT2D eigenvalue weighted by Crippen LogP contribution is 2.24. The molecule has 0 saturated heterocycles. The van der Waals surface area contributed by atoms with Crippen molar-refractivity contribution in [2.45, 2.75) is 19.6 Å². The first-order valence-corrected chi connectivity index (χ1v) is 9.51. The Labute approximate surface area is 182 Å². The zero-order valence-corrected chi connectivity index (χ0v) is 17.7. The second-order valence-corrected chi connectivity index (χ2v) is 6.88. The van der Waals surface area contributed by atoms with E-state index >= 15 is 0 Å². The van der Waals surface area contributed by atoms with Gasteiger partial charge in [-0.05, 0) is 66.6 Å². The normalized spacial score (nSPS) is 10.3. The van der Waals surface area contributed by atoms with Gasteiger partial charge in [0, 0.05) is 17.1 Å². The number of benzene rings is 3. The number of hydrogen-bond acceptors (Lipinski definition) is 3. The maximum Gasteiger partial charge on any atom is 0.124 e. The smallest absolute Gasteiger partial charge is 0.124 e. The monoisotopic (exact) mass is 435 g/mol. The van der Waals surface area contributed by atoms with Gasteiger partial charge in [0.1, 0.15) is 23.9 Å². The topological polar surface area (TPSA) is 30.5 Å². The molecular formula is C23H24Cl2FNO2. The fourth-order valence-corrected chi connectivity index (χ4v) is 3.01. The summed E-state index contributed by atoms with van der Waals surface area (Å²) in [4.78, 5) is 0. The average molecular weight is 436 g/mol. The lowest BCUT2D eigenvalue weighted by atomic mass is 10.1. The van der Waals surface area contributed by atoms with Crippen LogP contribution in [0.5, 0.6) is 11.5 Å². The molecule has 0 heterocycles. The van der Waals surface area contributed by atoms with Crippen LogP contribution in [0, 0.1) is 5.82 Å². The first kappa shape index (κ1) is 23.0. The van der Waals surface area contributed by atoms with Crippen LogP contribution >= 0.6 is 24.0 Å². The lowest BCUT2D eigenvalue weighted by Gasteiger charge is -2.13. The summed E-state index contributed by atoms with van der Waals surface area (Å²) in [6, 6.07) is 20.0. The van der Waals surface area contributed by atoms with Crippen LogP contribution in [-0.2, 0) is 19.6 Å². The Balaban J connectivity index is 0.00000300. The molecule has 3 nitrogen and oxygen atoms in total. The third-order valence-electron chi connectivity index (χ3n) is 4.40. The molecule has 0 amide bonds. The van der Waals surface area contributed by atoms with E-state index in [-0.39, 0.29) is 18.2 Å². The van der Waals surface area contributed by atoms with Gasteiger partial charge >= 0.3 is 0 Å². The van der Waals surface area contributed by atoms with Crippen molar-refractivity contribution in [3.05, 3.63) is 94.3 Å². The Kier molecular flexibility index (Phi) is 9.26. The van der Waals surface area contributed by atoms with E-state index in [0.29, 0.717) is 18.2 Å². The summed E-state index contributed by atoms with van der Waals surface area (Å²) >= 11 is 6.15. The second-order valence-electron chi connectivity index (χ2n) is 6.44. The molecule has 0 radical (unpaired) electrons. The summed E-state index contributed by atoms with van der Waals surface area (Å²) in [7, 11) is 1.66. The minimum absolute atomic E-state index is 0. The molecule has 0 aromatic heterocycles. The van der Waals surface area contributed by atoms with Gasteiger partial charge in [-0.15, -0.1) is 12.4 Å². The summed E-state index contributed by atoms with van der Waals surface area (Å²) in [5, 5.41) is 4.10. The molecule has 29 heavy (non-hydrogen) atoms. The predicted molar refractivity (Wildman–Crippen MR) is 118 cm³/mol. The van der Waals surface area contributed by atoms with Crippen molar-refractivity contribution in [3.63, 3.8) is 0 Å². The van der Waals surface area contributed by atoms with E-state index in [9.17, 15) is 4.39 Å². The van der Waals surface area contributed by atoms with E-state index in [1.54, 1.807) is 19.2 Å². The van der Waals surface area contributed by atoms with Crippen LogP contribution in [0.3, 0.4) is 0 Å². The average Bonchev–Trinajstić information content (AvgIpc) is 2.72. The van der Waals surface area contributed by atoms with E-state index in [2.05, 4.69) is 17.4 Å². The van der Waals surface area contributed by atoms with Gasteiger partial charge in [0.15, 0.2) is 0 Å². The summed E-state index contributed by atoms with van der Waals surface area (Å²) in [5.41, 5.74) is 3.14. The van der Waals surface area contributed by atoms with Gasteiger partial charge in [-0.25, -0.2) is 4.39 Å². The van der Waals surface area contributed by atoms with Crippen molar-refractivity contribution in [1.82, 2.24) is 5.32 Å². The zero-order chi connectivity index (χ0) is 19.8. The van der Waals surface area contributed by atoms with E-state index in [0.717, 1.165) is 35.6 Å². The lowest BCUT2D eigenvalue weighted by molar-refractivity contribution is 0.302. The number of methoxy groups -OCH3 is 1. The minimum atomic E-state index is -0.253. The van der Waals surface area contributed by atoms with E-state index in [1.165, 1.54) is 17.7 Å². The Morgan fingerprint density at radius 1 is 0.931 bits per heavy atom. The number of rotatable bonds is 9. The minimum Gasteiger partial charge on any atom is -0.497 e. The number of ether oxygens (including phenoxy) is 2. The van der Waals surface area contributed by atoms with E-state index < -0.39 is 0 Å². The molecule has 0 unspecified atom stereocenters. The highest BCUT2D eigenvalue weighted by Gasteiger charge is 2.06. The van der Waals surface area contributed by atoms with Crippen molar-refractivity contribution < 1.29 is 13.9 Å². The highest BCUT2D eigenvalue weighted by molar-refractivity contribution is 6.30. The number of nitrogens with one attached hydrogen (secondary N) is 1. The van der Waals surface area contributed by atoms with Gasteiger partial charge in [0.2, 0.25) is 0 Å². The molecule has 0 bridgehead atoms. The molecule has 0 saturated carbocycles. The molecule has 0 atom stereocenters. The molecule has 154 valence electrons. The van der Waals surface area contributed by atoms with Gasteiger partial charge in [-0.3, -0.25) is 0 Å². The maximum atomic E-state index is 13.0. The Morgan fingerprint density at radius 2 is 1.62 bits per heavy atom. The first-order valence-electron chi connectivity index (χ1n) is 9.13. The van der Waals surface area contributed by atoms with Crippen molar-refractivity contribution in [1.29, 1.82) is 0 Å². The fraction of sp³-hybridized carbons (Fsp3) is 0.217. The predicted octanol–water partition coefficient (Wildman–Crippen LogP) is 5.82. The summed E-state index contributed by atoms with van der Waals surface area (Å²) in [6.07, 6.45) is 0.913. The molecular weight excluding hydrogens is 412 g/mol. The SMILES string of the molecule is COc1ccc(CCNCc2cc(Cl)ccc2OCc2ccc(F)cc2)cc1.Cl. The van der Waals surface area contributed by atoms with Crippen LogP contribution in [0.15, 0.2) is 66.7 Å². The highest BCUT2D eigenvalue weighted by atomic mass is 35.5. The van der Waals surface area contributed by atoms with Crippen molar-refractivity contribution in [2.24, 2.45) is 0 Å². The fourth-order valence-electron chi connectivity index (χ4n) is 2.82. The van der Waals surface area contributed by atoms with Crippen LogP contribution in [0.4, 0.5) is 4.39 Å². The molecule has 0 aliphatic rings. The van der Waals surface area contributed by atoms with Gasteiger partial charge in [-0.2, -0.15) is 0 Å². The summed E-state index contributed by atoms with van der Waals surface area (Å²) in [6.45, 7) is 1.85. The van der Waals surface area contributed by atoms with Gasteiger partial charge in [-0.1, -0.05) is 35.9 Å². The second kappa shape index (κ2) is 11.7. The quantitative estimate of drug-likeness (QED) is 0.429. The van der Waals surface area contributed by atoms with Crippen LogP contribution in [-0.4, -0.2) is 13.7 Å². The standard InChI is InChI=1S/C23H23ClFNO2.ClH/c1-27-22-9-4-17(5-10-22)12-13-26-15-19-14-20(24)6-11-23(19)28-16-18-2-7-21(25)8-3-18;/h2-11,14,26H,12-13,15-16H2,1H3;1H. The Morgan fingerprint density at radius 3 is 2.31 bits per heavy atom. The van der Waals surface area contributed by atoms with E-state index in [4.69, 9.17) is 21.1 Å². The molecule has 0 fully saturated rings. The maximum absolute atomic E-state index is 13.0. The van der Waals surface area contributed by atoms with Crippen LogP contribution in [0.25, 0.3) is 0 Å². The van der Waals surface area contributed by atoms with Crippen molar-refractivity contribution in [3.8, 4) is 11.5 Å². The molecule has 0 aliphatic carbocycles. The molecule has 0 aliphatic heterocycles. The van der Waals surface area contributed by atoms with Gasteiger partial charge in [0.05, 0.1) is 7.11 Å². The Hall–Kier alpha value is -2.27. The molecule has 3 rings (SSSR count). The Bertz CT molecular complexity index is 886. The number of halogens is 3. The largest absolute Gasteiger partial charge is 0.497 e. The van der Waals surface area contributed by atoms with Crippen molar-refractivity contribution >= 4 is 24.0 Å². The summed E-state index contributed by atoms with van der Waals surface area (Å²) in [5.74, 6) is 1.38. The van der Waals surface area contributed by atoms with Gasteiger partial charge < -0.3 is 14.8 Å². The molecule has 3 aromatic rings. The number of hydrogen-bond donors (Lipinski definition) is 1. The van der Waals surface area contributed by atoms with Crippen LogP contribution < -0.4 is 14.8 Å². The molecule has 3 aromatic carbocycles.